The molecule has 150 valence electrons. The third-order valence-electron chi connectivity index (χ3n) is 5.87. The Labute approximate surface area is 163 Å². The van der Waals surface area contributed by atoms with Crippen LogP contribution in [0.25, 0.3) is 0 Å². The Morgan fingerprint density at radius 1 is 1.11 bits per heavy atom. The molecule has 2 atom stereocenters. The van der Waals surface area contributed by atoms with Crippen LogP contribution in [-0.4, -0.2) is 66.8 Å². The van der Waals surface area contributed by atoms with Gasteiger partial charge in [0.15, 0.2) is 0 Å². The molecule has 1 aromatic rings. The third kappa shape index (κ3) is 5.23. The van der Waals surface area contributed by atoms with Gasteiger partial charge in [0.1, 0.15) is 5.75 Å². The quantitative estimate of drug-likeness (QED) is 0.797. The molecule has 0 radical (unpaired) electrons. The van der Waals surface area contributed by atoms with Crippen LogP contribution in [-0.2, 0) is 0 Å². The van der Waals surface area contributed by atoms with Crippen molar-refractivity contribution in [2.75, 3.05) is 45.9 Å². The highest BCUT2D eigenvalue weighted by molar-refractivity contribution is 5.97. The van der Waals surface area contributed by atoms with Crippen LogP contribution in [0.15, 0.2) is 24.3 Å². The van der Waals surface area contributed by atoms with Crippen molar-refractivity contribution in [3.63, 3.8) is 0 Å². The first kappa shape index (κ1) is 20.2. The zero-order valence-electron chi connectivity index (χ0n) is 16.6. The molecule has 2 aliphatic rings. The molecule has 1 N–H and O–H groups in total. The van der Waals surface area contributed by atoms with Gasteiger partial charge in [0, 0.05) is 32.2 Å². The molecule has 0 saturated carbocycles. The number of hydrogen-bond donors (Lipinski definition) is 1. The van der Waals surface area contributed by atoms with Gasteiger partial charge in [-0.05, 0) is 50.4 Å². The molecular weight excluding hydrogens is 340 g/mol. The number of ether oxygens (including phenoxy) is 1. The van der Waals surface area contributed by atoms with E-state index in [9.17, 15) is 9.90 Å². The summed E-state index contributed by atoms with van der Waals surface area (Å²) in [6.07, 6.45) is 6.09. The molecular formula is C22H34N2O3. The highest BCUT2D eigenvalue weighted by Gasteiger charge is 2.36. The molecule has 3 rings (SSSR count). The monoisotopic (exact) mass is 374 g/mol. The number of aliphatic hydroxyl groups is 1. The van der Waals surface area contributed by atoms with Crippen molar-refractivity contribution in [1.29, 1.82) is 0 Å². The number of carbonyl (C=O) groups excluding carboxylic acids is 1. The van der Waals surface area contributed by atoms with Crippen LogP contribution in [0.3, 0.4) is 0 Å². The Hall–Kier alpha value is -1.59. The van der Waals surface area contributed by atoms with Gasteiger partial charge in [0.2, 0.25) is 0 Å². The first-order valence-corrected chi connectivity index (χ1v) is 10.6. The van der Waals surface area contributed by atoms with Crippen molar-refractivity contribution >= 4 is 5.91 Å². The SMILES string of the molecule is CCCOc1ccccc1C(=O)N1CC(CO)C(CN2CCCCCC2)C1. The van der Waals surface area contributed by atoms with E-state index >= 15 is 0 Å². The summed E-state index contributed by atoms with van der Waals surface area (Å²) in [6, 6.07) is 7.52. The first-order chi connectivity index (χ1) is 13.2. The number of amides is 1. The highest BCUT2D eigenvalue weighted by atomic mass is 16.5. The topological polar surface area (TPSA) is 53.0 Å². The van der Waals surface area contributed by atoms with Crippen LogP contribution < -0.4 is 4.74 Å². The molecule has 0 aromatic heterocycles. The van der Waals surface area contributed by atoms with E-state index in [0.29, 0.717) is 30.4 Å². The van der Waals surface area contributed by atoms with Crippen molar-refractivity contribution in [3.05, 3.63) is 29.8 Å². The number of likely N-dealkylation sites (tertiary alicyclic amines) is 2. The van der Waals surface area contributed by atoms with E-state index in [-0.39, 0.29) is 18.4 Å². The van der Waals surface area contributed by atoms with Gasteiger partial charge in [0.05, 0.1) is 12.2 Å². The molecule has 5 nitrogen and oxygen atoms in total. The van der Waals surface area contributed by atoms with Crippen LogP contribution in [0.2, 0.25) is 0 Å². The number of para-hydroxylation sites is 1. The Morgan fingerprint density at radius 2 is 1.81 bits per heavy atom. The third-order valence-corrected chi connectivity index (χ3v) is 5.87. The standard InChI is InChI=1S/C22H34N2O3/c1-2-13-27-21-10-6-5-9-20(21)22(26)24-15-18(19(16-24)17-25)14-23-11-7-3-4-8-12-23/h5-6,9-10,18-19,25H,2-4,7-8,11-17H2,1H3. The summed E-state index contributed by atoms with van der Waals surface area (Å²) in [5, 5.41) is 9.88. The van der Waals surface area contributed by atoms with E-state index in [2.05, 4.69) is 11.8 Å². The van der Waals surface area contributed by atoms with Gasteiger partial charge in [-0.25, -0.2) is 0 Å². The number of carbonyl (C=O) groups is 1. The minimum absolute atomic E-state index is 0.0264. The predicted octanol–water partition coefficient (Wildman–Crippen LogP) is 3.03. The fourth-order valence-electron chi connectivity index (χ4n) is 4.32. The van der Waals surface area contributed by atoms with Crippen LogP contribution in [0.5, 0.6) is 5.75 Å². The predicted molar refractivity (Wildman–Crippen MR) is 107 cm³/mol. The van der Waals surface area contributed by atoms with Crippen molar-refractivity contribution in [3.8, 4) is 5.75 Å². The summed E-state index contributed by atoms with van der Waals surface area (Å²) in [7, 11) is 0. The van der Waals surface area contributed by atoms with E-state index in [1.165, 1.54) is 25.7 Å². The van der Waals surface area contributed by atoms with Gasteiger partial charge in [-0.1, -0.05) is 31.9 Å². The summed E-state index contributed by atoms with van der Waals surface area (Å²) < 4.78 is 5.78. The maximum atomic E-state index is 13.1. The largest absolute Gasteiger partial charge is 0.493 e. The lowest BCUT2D eigenvalue weighted by atomic mass is 9.96. The Bertz CT molecular complexity index is 599. The molecule has 2 saturated heterocycles. The van der Waals surface area contributed by atoms with Crippen LogP contribution in [0, 0.1) is 11.8 Å². The molecule has 0 aliphatic carbocycles. The lowest BCUT2D eigenvalue weighted by molar-refractivity contribution is 0.0774. The second-order valence-electron chi connectivity index (χ2n) is 7.97. The van der Waals surface area contributed by atoms with E-state index in [1.54, 1.807) is 0 Å². The van der Waals surface area contributed by atoms with Gasteiger partial charge in [0.25, 0.3) is 5.91 Å². The lowest BCUT2D eigenvalue weighted by Gasteiger charge is -2.26. The highest BCUT2D eigenvalue weighted by Crippen LogP contribution is 2.28. The van der Waals surface area contributed by atoms with Gasteiger partial charge in [-0.3, -0.25) is 4.79 Å². The van der Waals surface area contributed by atoms with Crippen LogP contribution in [0.4, 0.5) is 0 Å². The lowest BCUT2D eigenvalue weighted by Crippen LogP contribution is -2.35. The zero-order chi connectivity index (χ0) is 19.1. The molecule has 5 heteroatoms. The summed E-state index contributed by atoms with van der Waals surface area (Å²) in [4.78, 5) is 17.6. The summed E-state index contributed by atoms with van der Waals surface area (Å²) >= 11 is 0. The van der Waals surface area contributed by atoms with Crippen molar-refractivity contribution in [1.82, 2.24) is 9.80 Å². The first-order valence-electron chi connectivity index (χ1n) is 10.6. The average molecular weight is 375 g/mol. The molecule has 2 heterocycles. The maximum Gasteiger partial charge on any atom is 0.257 e. The number of rotatable bonds is 7. The Kier molecular flexibility index (Phi) is 7.53. The smallest absolute Gasteiger partial charge is 0.257 e. The normalized spacial score (nSPS) is 24.0. The van der Waals surface area contributed by atoms with Crippen LogP contribution >= 0.6 is 0 Å². The number of hydrogen-bond acceptors (Lipinski definition) is 4. The Morgan fingerprint density at radius 3 is 2.52 bits per heavy atom. The molecule has 1 aromatic carbocycles. The molecule has 2 aliphatic heterocycles. The van der Waals surface area contributed by atoms with Crippen molar-refractivity contribution < 1.29 is 14.6 Å². The van der Waals surface area contributed by atoms with Gasteiger partial charge in [-0.2, -0.15) is 0 Å². The summed E-state index contributed by atoms with van der Waals surface area (Å²) in [6.45, 7) is 7.47. The minimum atomic E-state index is 0.0264. The summed E-state index contributed by atoms with van der Waals surface area (Å²) in [5.41, 5.74) is 0.637. The fraction of sp³-hybridized carbons (Fsp3) is 0.682. The van der Waals surface area contributed by atoms with Crippen molar-refractivity contribution in [2.24, 2.45) is 11.8 Å². The van der Waals surface area contributed by atoms with Gasteiger partial charge >= 0.3 is 0 Å². The molecule has 2 unspecified atom stereocenters. The summed E-state index contributed by atoms with van der Waals surface area (Å²) in [5.74, 6) is 1.21. The molecule has 0 bridgehead atoms. The Balaban J connectivity index is 1.66. The number of benzene rings is 1. The second kappa shape index (κ2) is 10.1. The average Bonchev–Trinajstić information content (AvgIpc) is 2.92. The molecule has 1 amide bonds. The van der Waals surface area contributed by atoms with E-state index < -0.39 is 0 Å². The van der Waals surface area contributed by atoms with Crippen LogP contribution in [0.1, 0.15) is 49.4 Å². The molecule has 27 heavy (non-hydrogen) atoms. The maximum absolute atomic E-state index is 13.1. The van der Waals surface area contributed by atoms with Gasteiger partial charge < -0.3 is 19.6 Å². The second-order valence-corrected chi connectivity index (χ2v) is 7.97. The molecule has 2 fully saturated rings. The zero-order valence-corrected chi connectivity index (χ0v) is 16.6. The van der Waals surface area contributed by atoms with E-state index in [1.807, 2.05) is 29.2 Å². The fourth-order valence-corrected chi connectivity index (χ4v) is 4.32. The van der Waals surface area contributed by atoms with Crippen molar-refractivity contribution in [2.45, 2.75) is 39.0 Å². The van der Waals surface area contributed by atoms with E-state index in [0.717, 1.165) is 32.6 Å². The van der Waals surface area contributed by atoms with Gasteiger partial charge in [-0.15, -0.1) is 0 Å². The number of aliphatic hydroxyl groups excluding tert-OH is 1. The number of nitrogens with zero attached hydrogens (tertiary/aromatic N) is 2. The minimum Gasteiger partial charge on any atom is -0.493 e. The molecule has 0 spiro atoms. The van der Waals surface area contributed by atoms with E-state index in [4.69, 9.17) is 4.74 Å².